The summed E-state index contributed by atoms with van der Waals surface area (Å²) in [5, 5.41) is 3.65. The second-order valence-electron chi connectivity index (χ2n) is 6.42. The number of nitrogens with zero attached hydrogens (tertiary/aromatic N) is 3. The molecule has 0 radical (unpaired) electrons. The van der Waals surface area contributed by atoms with Crippen molar-refractivity contribution in [3.63, 3.8) is 0 Å². The van der Waals surface area contributed by atoms with Crippen molar-refractivity contribution in [1.29, 1.82) is 0 Å². The summed E-state index contributed by atoms with van der Waals surface area (Å²) in [7, 11) is 1.99. The number of carbonyl (C=O) groups is 1. The zero-order chi connectivity index (χ0) is 17.2. The summed E-state index contributed by atoms with van der Waals surface area (Å²) in [6.45, 7) is 0. The van der Waals surface area contributed by atoms with E-state index in [9.17, 15) is 4.79 Å². The highest BCUT2D eigenvalue weighted by molar-refractivity contribution is 7.15. The number of aryl methyl sites for hydroxylation is 1. The zero-order valence-corrected chi connectivity index (χ0v) is 14.9. The lowest BCUT2D eigenvalue weighted by atomic mass is 9.89. The van der Waals surface area contributed by atoms with Crippen LogP contribution < -0.4 is 5.32 Å². The lowest BCUT2D eigenvalue weighted by Gasteiger charge is -2.20. The molecule has 0 saturated carbocycles. The molecular formula is C19H20N4OS. The average molecular weight is 352 g/mol. The molecule has 1 amide bonds. The fourth-order valence-electron chi connectivity index (χ4n) is 3.37. The molecule has 0 saturated heterocycles. The summed E-state index contributed by atoms with van der Waals surface area (Å²) >= 11 is 1.54. The van der Waals surface area contributed by atoms with Crippen molar-refractivity contribution < 1.29 is 4.79 Å². The first kappa shape index (κ1) is 16.0. The third-order valence-corrected chi connectivity index (χ3v) is 5.56. The van der Waals surface area contributed by atoms with Crippen LogP contribution in [-0.4, -0.2) is 20.4 Å². The Hall–Kier alpha value is -2.47. The topological polar surface area (TPSA) is 59.8 Å². The van der Waals surface area contributed by atoms with E-state index >= 15 is 0 Å². The summed E-state index contributed by atoms with van der Waals surface area (Å²) in [5.74, 6) is -0.174. The predicted octanol–water partition coefficient (Wildman–Crippen LogP) is 3.53. The largest absolute Gasteiger partial charge is 0.337 e. The van der Waals surface area contributed by atoms with E-state index in [2.05, 4.69) is 27.4 Å². The van der Waals surface area contributed by atoms with E-state index < -0.39 is 0 Å². The molecule has 6 heteroatoms. The molecule has 2 heterocycles. The summed E-state index contributed by atoms with van der Waals surface area (Å²) in [4.78, 5) is 22.7. The fourth-order valence-corrected chi connectivity index (χ4v) is 4.22. The second kappa shape index (κ2) is 6.80. The number of imidazole rings is 1. The van der Waals surface area contributed by atoms with Crippen LogP contribution in [0.25, 0.3) is 0 Å². The normalized spacial score (nSPS) is 16.4. The molecule has 0 spiro atoms. The maximum absolute atomic E-state index is 12.7. The van der Waals surface area contributed by atoms with Crippen molar-refractivity contribution in [2.75, 3.05) is 5.32 Å². The van der Waals surface area contributed by atoms with Gasteiger partial charge in [0, 0.05) is 30.2 Å². The Bertz CT molecular complexity index is 884. The molecule has 1 atom stereocenters. The number of anilines is 1. The minimum absolute atomic E-state index is 0.000242. The third-order valence-electron chi connectivity index (χ3n) is 4.65. The highest BCUT2D eigenvalue weighted by Crippen LogP contribution is 2.32. The number of amides is 1. The van der Waals surface area contributed by atoms with Crippen LogP contribution in [0.3, 0.4) is 0 Å². The van der Waals surface area contributed by atoms with Crippen molar-refractivity contribution in [3.8, 4) is 0 Å². The van der Waals surface area contributed by atoms with Crippen molar-refractivity contribution in [1.82, 2.24) is 14.5 Å². The molecule has 1 aliphatic rings. The van der Waals surface area contributed by atoms with E-state index in [1.807, 2.05) is 36.0 Å². The monoisotopic (exact) mass is 352 g/mol. The van der Waals surface area contributed by atoms with Gasteiger partial charge >= 0.3 is 0 Å². The lowest BCUT2D eigenvalue weighted by molar-refractivity contribution is -0.118. The number of rotatable bonds is 4. The van der Waals surface area contributed by atoms with Crippen LogP contribution in [-0.2, 0) is 24.7 Å². The van der Waals surface area contributed by atoms with Crippen LogP contribution >= 0.6 is 11.3 Å². The van der Waals surface area contributed by atoms with E-state index in [-0.39, 0.29) is 11.8 Å². The first-order valence-electron chi connectivity index (χ1n) is 8.50. The van der Waals surface area contributed by atoms with Crippen LogP contribution in [0.1, 0.15) is 40.6 Å². The second-order valence-corrected chi connectivity index (χ2v) is 7.53. The molecule has 1 unspecified atom stereocenters. The number of aromatic nitrogens is 3. The summed E-state index contributed by atoms with van der Waals surface area (Å²) in [6, 6.07) is 10.3. The van der Waals surface area contributed by atoms with Gasteiger partial charge in [-0.2, -0.15) is 0 Å². The van der Waals surface area contributed by atoms with E-state index in [0.717, 1.165) is 36.3 Å². The standard InChI is InChI=1S/C19H20N4OS/c1-23-12-21-17-15(8-5-9-16(17)23)18(24)22-19-20-11-14(25-19)10-13-6-3-2-4-7-13/h2-4,6-7,11-12,15H,5,8-10H2,1H3,(H,20,22,24). The van der Waals surface area contributed by atoms with E-state index in [1.165, 1.54) is 22.6 Å². The summed E-state index contributed by atoms with van der Waals surface area (Å²) in [5.41, 5.74) is 3.34. The number of carbonyl (C=O) groups excluding carboxylic acids is 1. The zero-order valence-electron chi connectivity index (χ0n) is 14.1. The number of nitrogens with one attached hydrogen (secondary N) is 1. The van der Waals surface area contributed by atoms with Gasteiger partial charge in [-0.3, -0.25) is 4.79 Å². The molecule has 3 aromatic rings. The Kier molecular flexibility index (Phi) is 4.36. The number of benzene rings is 1. The predicted molar refractivity (Wildman–Crippen MR) is 98.9 cm³/mol. The summed E-state index contributed by atoms with van der Waals surface area (Å²) < 4.78 is 2.02. The number of hydrogen-bond acceptors (Lipinski definition) is 4. The molecule has 1 aliphatic carbocycles. The van der Waals surface area contributed by atoms with Crippen LogP contribution in [0, 0.1) is 0 Å². The maximum atomic E-state index is 12.7. The van der Waals surface area contributed by atoms with E-state index in [1.54, 1.807) is 6.33 Å². The van der Waals surface area contributed by atoms with Crippen LogP contribution in [0.4, 0.5) is 5.13 Å². The Morgan fingerprint density at radius 1 is 1.32 bits per heavy atom. The van der Waals surface area contributed by atoms with Gasteiger partial charge in [-0.05, 0) is 24.8 Å². The Labute approximate surface area is 150 Å². The van der Waals surface area contributed by atoms with Gasteiger partial charge in [0.1, 0.15) is 0 Å². The first-order chi connectivity index (χ1) is 12.2. The van der Waals surface area contributed by atoms with Gasteiger partial charge in [0.15, 0.2) is 5.13 Å². The van der Waals surface area contributed by atoms with Gasteiger partial charge in [0.25, 0.3) is 0 Å². The molecule has 2 aromatic heterocycles. The van der Waals surface area contributed by atoms with Crippen LogP contribution in [0.2, 0.25) is 0 Å². The lowest BCUT2D eigenvalue weighted by Crippen LogP contribution is -2.25. The number of hydrogen-bond donors (Lipinski definition) is 1. The molecule has 0 fully saturated rings. The van der Waals surface area contributed by atoms with Gasteiger partial charge in [0.05, 0.1) is 17.9 Å². The van der Waals surface area contributed by atoms with Gasteiger partial charge in [-0.1, -0.05) is 30.3 Å². The van der Waals surface area contributed by atoms with Crippen molar-refractivity contribution in [2.24, 2.45) is 7.05 Å². The molecule has 4 rings (SSSR count). The van der Waals surface area contributed by atoms with Crippen molar-refractivity contribution >= 4 is 22.4 Å². The smallest absolute Gasteiger partial charge is 0.235 e. The van der Waals surface area contributed by atoms with E-state index in [0.29, 0.717) is 5.13 Å². The fraction of sp³-hybridized carbons (Fsp3) is 0.316. The van der Waals surface area contributed by atoms with Gasteiger partial charge in [0.2, 0.25) is 5.91 Å². The molecule has 25 heavy (non-hydrogen) atoms. The minimum Gasteiger partial charge on any atom is -0.337 e. The van der Waals surface area contributed by atoms with Gasteiger partial charge in [-0.25, -0.2) is 9.97 Å². The molecule has 1 N–H and O–H groups in total. The van der Waals surface area contributed by atoms with E-state index in [4.69, 9.17) is 0 Å². The molecule has 0 aliphatic heterocycles. The Balaban J connectivity index is 1.45. The van der Waals surface area contributed by atoms with Crippen LogP contribution in [0.15, 0.2) is 42.9 Å². The van der Waals surface area contributed by atoms with Crippen LogP contribution in [0.5, 0.6) is 0 Å². The highest BCUT2D eigenvalue weighted by atomic mass is 32.1. The first-order valence-corrected chi connectivity index (χ1v) is 9.32. The molecule has 0 bridgehead atoms. The Morgan fingerprint density at radius 2 is 2.16 bits per heavy atom. The number of thiazole rings is 1. The molecule has 5 nitrogen and oxygen atoms in total. The summed E-state index contributed by atoms with van der Waals surface area (Å²) in [6.07, 6.45) is 7.34. The molecule has 1 aromatic carbocycles. The quantitative estimate of drug-likeness (QED) is 0.781. The highest BCUT2D eigenvalue weighted by Gasteiger charge is 2.30. The van der Waals surface area contributed by atoms with Crippen molar-refractivity contribution in [2.45, 2.75) is 31.6 Å². The molecule has 128 valence electrons. The average Bonchev–Trinajstić information content (AvgIpc) is 3.22. The SMILES string of the molecule is Cn1cnc2c1CCCC2C(=O)Nc1ncc(Cc2ccccc2)s1. The maximum Gasteiger partial charge on any atom is 0.235 e. The van der Waals surface area contributed by atoms with Crippen molar-refractivity contribution in [3.05, 3.63) is 64.7 Å². The minimum atomic E-state index is -0.175. The third kappa shape index (κ3) is 3.35. The Morgan fingerprint density at radius 3 is 3.00 bits per heavy atom. The molecular weight excluding hydrogens is 332 g/mol. The van der Waals surface area contributed by atoms with Gasteiger partial charge in [-0.15, -0.1) is 11.3 Å². The number of fused-ring (bicyclic) bond motifs is 1. The van der Waals surface area contributed by atoms with Gasteiger partial charge < -0.3 is 9.88 Å².